The summed E-state index contributed by atoms with van der Waals surface area (Å²) >= 11 is 6.76. The van der Waals surface area contributed by atoms with Gasteiger partial charge >= 0.3 is 0 Å². The number of nitrogens with zero attached hydrogens (tertiary/aromatic N) is 1. The van der Waals surface area contributed by atoms with Crippen LogP contribution in [0.25, 0.3) is 0 Å². The summed E-state index contributed by atoms with van der Waals surface area (Å²) in [5.74, 6) is 0. The number of nitrogens with one attached hydrogen (secondary N) is 1. The third-order valence-corrected chi connectivity index (χ3v) is 5.17. The number of hydrogen-bond donors (Lipinski definition) is 2. The van der Waals surface area contributed by atoms with Crippen LogP contribution >= 0.6 is 24.2 Å². The van der Waals surface area contributed by atoms with Crippen molar-refractivity contribution in [3.8, 4) is 0 Å². The minimum absolute atomic E-state index is 0.135. The predicted molar refractivity (Wildman–Crippen MR) is 92.6 cm³/mol. The lowest BCUT2D eigenvalue weighted by molar-refractivity contribution is 0.482. The highest BCUT2D eigenvalue weighted by Crippen LogP contribution is 2.10. The molecule has 0 aliphatic carbocycles. The summed E-state index contributed by atoms with van der Waals surface area (Å²) in [5, 5.41) is 5.05. The van der Waals surface area contributed by atoms with Gasteiger partial charge in [-0.05, 0) is 49.9 Å². The summed E-state index contributed by atoms with van der Waals surface area (Å²) in [4.78, 5) is 2.24. The van der Waals surface area contributed by atoms with Crippen LogP contribution in [0.4, 0.5) is 0 Å². The van der Waals surface area contributed by atoms with Gasteiger partial charge in [-0.3, -0.25) is 4.72 Å². The molecule has 8 heteroatoms. The van der Waals surface area contributed by atoms with Crippen LogP contribution in [-0.4, -0.2) is 37.3 Å². The van der Waals surface area contributed by atoms with Crippen LogP contribution in [-0.2, 0) is 16.4 Å². The zero-order valence-corrected chi connectivity index (χ0v) is 14.7. The van der Waals surface area contributed by atoms with Gasteiger partial charge in [0, 0.05) is 19.6 Å². The van der Waals surface area contributed by atoms with E-state index >= 15 is 0 Å². The Hall–Kier alpha value is -0.670. The molecule has 0 radical (unpaired) electrons. The normalized spacial score (nSPS) is 11.4. The molecule has 21 heavy (non-hydrogen) atoms. The molecule has 118 valence electrons. The van der Waals surface area contributed by atoms with Crippen molar-refractivity contribution in [2.75, 3.05) is 19.6 Å². The first-order chi connectivity index (χ1) is 9.88. The molecule has 0 atom stereocenters. The lowest BCUT2D eigenvalue weighted by atomic mass is 10.2. The second-order valence-electron chi connectivity index (χ2n) is 4.37. The summed E-state index contributed by atoms with van der Waals surface area (Å²) in [6.45, 7) is 6.70. The summed E-state index contributed by atoms with van der Waals surface area (Å²) in [7, 11) is -3.61. The largest absolute Gasteiger partial charge is 0.357 e. The molecule has 0 bridgehead atoms. The van der Waals surface area contributed by atoms with Crippen LogP contribution < -0.4 is 9.86 Å². The van der Waals surface area contributed by atoms with Gasteiger partial charge in [-0.25, -0.2) is 13.6 Å². The van der Waals surface area contributed by atoms with E-state index in [1.807, 2.05) is 0 Å². The fraction of sp³-hybridized carbons (Fsp3) is 0.462. The van der Waals surface area contributed by atoms with Crippen molar-refractivity contribution in [2.24, 2.45) is 5.14 Å². The van der Waals surface area contributed by atoms with Gasteiger partial charge in [-0.1, -0.05) is 24.4 Å². The fourth-order valence-electron chi connectivity index (χ4n) is 1.70. The van der Waals surface area contributed by atoms with Gasteiger partial charge in [0.15, 0.2) is 4.32 Å². The van der Waals surface area contributed by atoms with E-state index in [-0.39, 0.29) is 4.90 Å². The van der Waals surface area contributed by atoms with Crippen molar-refractivity contribution in [2.45, 2.75) is 25.2 Å². The van der Waals surface area contributed by atoms with Gasteiger partial charge in [0.25, 0.3) is 0 Å². The molecule has 0 saturated carbocycles. The molecular weight excluding hydrogens is 326 g/mol. The first-order valence-corrected chi connectivity index (χ1v) is 9.46. The summed E-state index contributed by atoms with van der Waals surface area (Å²) < 4.78 is 26.3. The van der Waals surface area contributed by atoms with Crippen molar-refractivity contribution in [3.05, 3.63) is 29.8 Å². The standard InChI is InChI=1S/C13H21N3O2S3/c1-3-16(4-2)13(19)20-15-10-9-11-5-7-12(8-6-11)21(14,17)18/h5-8,15H,3-4,9-10H2,1-2H3,(H2,14,17,18). The Morgan fingerprint density at radius 1 is 1.29 bits per heavy atom. The van der Waals surface area contributed by atoms with Gasteiger partial charge in [0.1, 0.15) is 0 Å². The highest BCUT2D eigenvalue weighted by molar-refractivity contribution is 8.21. The zero-order chi connectivity index (χ0) is 15.9. The lowest BCUT2D eigenvalue weighted by Gasteiger charge is -2.20. The molecule has 0 amide bonds. The highest BCUT2D eigenvalue weighted by Gasteiger charge is 2.07. The molecule has 3 N–H and O–H groups in total. The van der Waals surface area contributed by atoms with Crippen molar-refractivity contribution < 1.29 is 8.42 Å². The Labute approximate surface area is 136 Å². The quantitative estimate of drug-likeness (QED) is 0.445. The predicted octanol–water partition coefficient (Wildman–Crippen LogP) is 1.74. The van der Waals surface area contributed by atoms with E-state index in [1.54, 1.807) is 12.1 Å². The average Bonchev–Trinajstić information content (AvgIpc) is 2.44. The van der Waals surface area contributed by atoms with Crippen molar-refractivity contribution in [1.29, 1.82) is 0 Å². The summed E-state index contributed by atoms with van der Waals surface area (Å²) in [6.07, 6.45) is 0.790. The molecule has 0 spiro atoms. The smallest absolute Gasteiger partial charge is 0.238 e. The SMILES string of the molecule is CCN(CC)C(=S)SNCCc1ccc(S(N)(=O)=O)cc1. The van der Waals surface area contributed by atoms with E-state index in [9.17, 15) is 8.42 Å². The number of nitrogens with two attached hydrogens (primary N) is 1. The van der Waals surface area contributed by atoms with E-state index in [0.29, 0.717) is 0 Å². The van der Waals surface area contributed by atoms with Gasteiger partial charge in [0.2, 0.25) is 10.0 Å². The number of hydrogen-bond acceptors (Lipinski definition) is 5. The van der Waals surface area contributed by atoms with E-state index < -0.39 is 10.0 Å². The van der Waals surface area contributed by atoms with Gasteiger partial charge in [-0.15, -0.1) is 0 Å². The molecule has 0 fully saturated rings. The Morgan fingerprint density at radius 2 is 1.86 bits per heavy atom. The molecule has 0 aromatic heterocycles. The van der Waals surface area contributed by atoms with Crippen LogP contribution in [0.3, 0.4) is 0 Å². The molecule has 5 nitrogen and oxygen atoms in total. The maximum absolute atomic E-state index is 11.1. The molecule has 0 aliphatic rings. The second-order valence-corrected chi connectivity index (χ2v) is 7.46. The minimum Gasteiger partial charge on any atom is -0.357 e. The summed E-state index contributed by atoms with van der Waals surface area (Å²) in [6, 6.07) is 6.60. The Kier molecular flexibility index (Phi) is 7.61. The van der Waals surface area contributed by atoms with Crippen molar-refractivity contribution in [1.82, 2.24) is 9.62 Å². The van der Waals surface area contributed by atoms with Crippen LogP contribution in [0.1, 0.15) is 19.4 Å². The Bertz CT molecular complexity index is 555. The van der Waals surface area contributed by atoms with Gasteiger partial charge < -0.3 is 4.90 Å². The Balaban J connectivity index is 2.38. The third kappa shape index (κ3) is 6.31. The maximum atomic E-state index is 11.1. The molecule has 0 saturated heterocycles. The van der Waals surface area contributed by atoms with Crippen LogP contribution in [0.2, 0.25) is 0 Å². The number of rotatable bonds is 7. The monoisotopic (exact) mass is 347 g/mol. The highest BCUT2D eigenvalue weighted by atomic mass is 32.2. The van der Waals surface area contributed by atoms with Gasteiger partial charge in [0.05, 0.1) is 4.90 Å². The topological polar surface area (TPSA) is 75.4 Å². The number of primary sulfonamides is 1. The molecule has 1 aromatic carbocycles. The minimum atomic E-state index is -3.61. The first-order valence-electron chi connectivity index (χ1n) is 6.68. The van der Waals surface area contributed by atoms with E-state index in [0.717, 1.165) is 35.9 Å². The molecule has 0 heterocycles. The molecule has 0 unspecified atom stereocenters. The Morgan fingerprint density at radius 3 is 2.33 bits per heavy atom. The zero-order valence-electron chi connectivity index (χ0n) is 12.2. The first kappa shape index (κ1) is 18.4. The van der Waals surface area contributed by atoms with Crippen LogP contribution in [0.5, 0.6) is 0 Å². The van der Waals surface area contributed by atoms with Crippen LogP contribution in [0, 0.1) is 0 Å². The average molecular weight is 348 g/mol. The number of thiocarbonyl (C=S) groups is 1. The van der Waals surface area contributed by atoms with Crippen LogP contribution in [0.15, 0.2) is 29.2 Å². The summed E-state index contributed by atoms with van der Waals surface area (Å²) in [5.41, 5.74) is 1.05. The van der Waals surface area contributed by atoms with Gasteiger partial charge in [-0.2, -0.15) is 0 Å². The molecule has 0 aliphatic heterocycles. The lowest BCUT2D eigenvalue weighted by Crippen LogP contribution is -2.29. The maximum Gasteiger partial charge on any atom is 0.238 e. The third-order valence-electron chi connectivity index (χ3n) is 2.95. The molecule has 1 rings (SSSR count). The number of sulfonamides is 1. The fourth-order valence-corrected chi connectivity index (χ4v) is 3.37. The second kappa shape index (κ2) is 8.70. The van der Waals surface area contributed by atoms with Crippen molar-refractivity contribution in [3.63, 3.8) is 0 Å². The van der Waals surface area contributed by atoms with E-state index in [4.69, 9.17) is 17.4 Å². The number of benzene rings is 1. The van der Waals surface area contributed by atoms with Crippen molar-refractivity contribution >= 4 is 38.5 Å². The van der Waals surface area contributed by atoms with E-state index in [1.165, 1.54) is 24.1 Å². The molecule has 1 aromatic rings. The van der Waals surface area contributed by atoms with E-state index in [2.05, 4.69) is 23.5 Å². The molecular formula is C13H21N3O2S3.